The molecule has 234 valence electrons. The van der Waals surface area contributed by atoms with Crippen LogP contribution in [0.15, 0.2) is 90.2 Å². The molecule has 3 N–H and O–H groups in total. The highest BCUT2D eigenvalue weighted by molar-refractivity contribution is 6.03. The number of pyridine rings is 4. The fraction of sp³-hybridized carbons (Fsp3) is 0.156. The number of nitrogens with one attached hydrogen (secondary N) is 2. The molecule has 6 rings (SSSR count). The number of hydrogen-bond donors (Lipinski definition) is 3. The summed E-state index contributed by atoms with van der Waals surface area (Å²) in [5.41, 5.74) is 0.351. The van der Waals surface area contributed by atoms with E-state index in [4.69, 9.17) is 14.6 Å². The van der Waals surface area contributed by atoms with Crippen molar-refractivity contribution >= 4 is 40.8 Å². The fourth-order valence-electron chi connectivity index (χ4n) is 4.86. The molecule has 0 aliphatic carbocycles. The smallest absolute Gasteiger partial charge is 0.290 e. The van der Waals surface area contributed by atoms with E-state index in [1.807, 2.05) is 7.05 Å². The number of nitrogens with zero attached hydrogens (tertiary/aromatic N) is 5. The Morgan fingerprint density at radius 1 is 1.02 bits per heavy atom. The average molecular weight is 626 g/mol. The van der Waals surface area contributed by atoms with Gasteiger partial charge >= 0.3 is 0 Å². The number of likely N-dealkylation sites (tertiary alicyclic amines) is 1. The van der Waals surface area contributed by atoms with Gasteiger partial charge in [-0.2, -0.15) is 0 Å². The average Bonchev–Trinajstić information content (AvgIpc) is 3.49. The van der Waals surface area contributed by atoms with E-state index >= 15 is 0 Å². The third kappa shape index (κ3) is 7.36. The summed E-state index contributed by atoms with van der Waals surface area (Å²) in [7, 11) is 1.99. The van der Waals surface area contributed by atoms with Gasteiger partial charge in [0.15, 0.2) is 0 Å². The number of ether oxygens (including phenoxy) is 1. The molecule has 14 heteroatoms. The van der Waals surface area contributed by atoms with E-state index in [0.717, 1.165) is 13.0 Å². The van der Waals surface area contributed by atoms with Crippen molar-refractivity contribution in [3.8, 4) is 17.2 Å². The number of carbonyl (C=O) groups excluding carboxylic acids is 2. The van der Waals surface area contributed by atoms with Crippen LogP contribution in [0.2, 0.25) is 0 Å². The maximum Gasteiger partial charge on any atom is 0.290 e. The van der Waals surface area contributed by atoms with Gasteiger partial charge in [-0.15, -0.1) is 0 Å². The van der Waals surface area contributed by atoms with Gasteiger partial charge in [-0.25, -0.2) is 14.4 Å². The van der Waals surface area contributed by atoms with Crippen molar-refractivity contribution in [2.45, 2.75) is 6.42 Å². The second-order valence-corrected chi connectivity index (χ2v) is 10.2. The summed E-state index contributed by atoms with van der Waals surface area (Å²) in [6, 6.07) is 14.9. The first-order valence-corrected chi connectivity index (χ1v) is 14.0. The van der Waals surface area contributed by atoms with Crippen molar-refractivity contribution < 1.29 is 28.6 Å². The number of anilines is 2. The molecule has 1 fully saturated rings. The molecular formula is C32H28FN7O6. The summed E-state index contributed by atoms with van der Waals surface area (Å²) >= 11 is 0. The molecule has 1 aliphatic heterocycles. The minimum absolute atomic E-state index is 0.0747. The van der Waals surface area contributed by atoms with Gasteiger partial charge in [-0.3, -0.25) is 28.7 Å². The molecule has 1 aromatic carbocycles. The fourth-order valence-corrected chi connectivity index (χ4v) is 4.86. The number of hydrogen-bond acceptors (Lipinski definition) is 9. The molecule has 1 aliphatic rings. The maximum atomic E-state index is 13.3. The number of aromatic nitrogens is 4. The van der Waals surface area contributed by atoms with E-state index in [0.29, 0.717) is 40.5 Å². The summed E-state index contributed by atoms with van der Waals surface area (Å²) in [5, 5.41) is 13.1. The van der Waals surface area contributed by atoms with Crippen LogP contribution in [0.4, 0.5) is 16.0 Å². The van der Waals surface area contributed by atoms with Gasteiger partial charge in [-0.1, -0.05) is 0 Å². The Kier molecular flexibility index (Phi) is 9.68. The highest BCUT2D eigenvalue weighted by Gasteiger charge is 2.26. The molecule has 0 spiro atoms. The third-order valence-electron chi connectivity index (χ3n) is 7.10. The van der Waals surface area contributed by atoms with Crippen LogP contribution in [0.5, 0.6) is 11.5 Å². The molecule has 5 aromatic rings. The Balaban J connectivity index is 0.00000134. The topological polar surface area (TPSA) is 169 Å². The van der Waals surface area contributed by atoms with Crippen LogP contribution in [0.25, 0.3) is 16.6 Å². The van der Waals surface area contributed by atoms with Crippen molar-refractivity contribution in [2.24, 2.45) is 5.92 Å². The largest absolute Gasteiger partial charge is 0.483 e. The molecule has 1 unspecified atom stereocenters. The third-order valence-corrected chi connectivity index (χ3v) is 7.10. The Hall–Kier alpha value is -6.02. The second kappa shape index (κ2) is 14.2. The lowest BCUT2D eigenvalue weighted by Gasteiger charge is -2.12. The molecule has 4 aromatic heterocycles. The summed E-state index contributed by atoms with van der Waals surface area (Å²) in [5.74, 6) is 0.242. The molecule has 0 bridgehead atoms. The lowest BCUT2D eigenvalue weighted by Crippen LogP contribution is -2.28. The van der Waals surface area contributed by atoms with Crippen LogP contribution in [0, 0.1) is 11.7 Å². The van der Waals surface area contributed by atoms with Gasteiger partial charge in [-0.05, 0) is 80.7 Å². The van der Waals surface area contributed by atoms with Crippen LogP contribution in [0.1, 0.15) is 16.8 Å². The van der Waals surface area contributed by atoms with Crippen molar-refractivity contribution in [3.05, 3.63) is 107 Å². The number of benzene rings is 1. The molecule has 5 heterocycles. The molecule has 1 saturated heterocycles. The maximum absolute atomic E-state index is 13.3. The van der Waals surface area contributed by atoms with Gasteiger partial charge in [0.1, 0.15) is 34.5 Å². The minimum Gasteiger partial charge on any atom is -0.483 e. The van der Waals surface area contributed by atoms with Gasteiger partial charge in [0.05, 0.1) is 23.8 Å². The zero-order valence-electron chi connectivity index (χ0n) is 24.5. The molecule has 2 amide bonds. The summed E-state index contributed by atoms with van der Waals surface area (Å²) in [4.78, 5) is 61.9. The highest BCUT2D eigenvalue weighted by atomic mass is 19.1. The van der Waals surface area contributed by atoms with Crippen LogP contribution >= 0.6 is 0 Å². The van der Waals surface area contributed by atoms with Crippen LogP contribution in [0.3, 0.4) is 0 Å². The quantitative estimate of drug-likeness (QED) is 0.225. The van der Waals surface area contributed by atoms with E-state index in [2.05, 4.69) is 30.5 Å². The monoisotopic (exact) mass is 625 g/mol. The molecule has 1 atom stereocenters. The number of carboxylic acid groups (broad SMARTS) is 1. The number of halogens is 1. The van der Waals surface area contributed by atoms with E-state index < -0.39 is 17.3 Å². The SMILES string of the molecule is CN1CCC(C(=O)Nc2cc3c(Oc4ccc(NC(=O)c5cccn(-c6ccc(F)cc6)c5=O)nc4)ccnc3cn2)C1.O=CO. The lowest BCUT2D eigenvalue weighted by atomic mass is 10.1. The predicted octanol–water partition coefficient (Wildman–Crippen LogP) is 3.95. The zero-order chi connectivity index (χ0) is 32.6. The number of amides is 2. The van der Waals surface area contributed by atoms with Crippen molar-refractivity contribution in [2.75, 3.05) is 30.8 Å². The first kappa shape index (κ1) is 31.4. The van der Waals surface area contributed by atoms with Gasteiger partial charge in [0.2, 0.25) is 5.91 Å². The second-order valence-electron chi connectivity index (χ2n) is 10.2. The number of rotatable bonds is 7. The Labute approximate surface area is 261 Å². The van der Waals surface area contributed by atoms with Crippen molar-refractivity contribution in [1.29, 1.82) is 0 Å². The summed E-state index contributed by atoms with van der Waals surface area (Å²) < 4.78 is 20.6. The van der Waals surface area contributed by atoms with Gasteiger partial charge in [0.25, 0.3) is 17.9 Å². The Morgan fingerprint density at radius 3 is 2.48 bits per heavy atom. The molecular weight excluding hydrogens is 597 g/mol. The van der Waals surface area contributed by atoms with Crippen molar-refractivity contribution in [3.63, 3.8) is 0 Å². The van der Waals surface area contributed by atoms with E-state index in [1.54, 1.807) is 42.7 Å². The molecule has 0 radical (unpaired) electrons. The normalized spacial score (nSPS) is 14.2. The minimum atomic E-state index is -0.644. The number of carbonyl (C=O) groups is 3. The van der Waals surface area contributed by atoms with Crippen molar-refractivity contribution in [1.82, 2.24) is 24.4 Å². The molecule has 13 nitrogen and oxygen atoms in total. The summed E-state index contributed by atoms with van der Waals surface area (Å²) in [6.45, 7) is 1.34. The van der Waals surface area contributed by atoms with Crippen LogP contribution < -0.4 is 20.9 Å². The van der Waals surface area contributed by atoms with Crippen LogP contribution in [-0.4, -0.2) is 67.9 Å². The Bertz CT molecular complexity index is 1930. The zero-order valence-corrected chi connectivity index (χ0v) is 24.5. The van der Waals surface area contributed by atoms with E-state index in [9.17, 15) is 18.8 Å². The summed E-state index contributed by atoms with van der Waals surface area (Å²) in [6.07, 6.45) is 6.90. The van der Waals surface area contributed by atoms with Gasteiger partial charge in [0, 0.05) is 30.0 Å². The molecule has 46 heavy (non-hydrogen) atoms. The first-order valence-electron chi connectivity index (χ1n) is 14.0. The lowest BCUT2D eigenvalue weighted by molar-refractivity contribution is -0.123. The highest BCUT2D eigenvalue weighted by Crippen LogP contribution is 2.30. The number of fused-ring (bicyclic) bond motifs is 1. The standard InChI is InChI=1S/C31H26FN7O4.CH2O2/c1-38-14-11-19(18-38)29(40)37-28-15-24-25(17-35-28)33-12-10-26(24)43-22-8-9-27(34-16-22)36-30(41)23-3-2-13-39(31(23)42)21-6-4-20(32)5-7-21;2-1-3/h2-10,12-13,15-17,19H,11,14,18H2,1H3,(H,34,36,41)(H,35,37,40);1H,(H,2,3). The van der Waals surface area contributed by atoms with E-state index in [-0.39, 0.29) is 29.7 Å². The first-order chi connectivity index (χ1) is 22.2. The molecule has 0 saturated carbocycles. The van der Waals surface area contributed by atoms with E-state index in [1.165, 1.54) is 47.3 Å². The predicted molar refractivity (Wildman–Crippen MR) is 167 cm³/mol. The van der Waals surface area contributed by atoms with Crippen LogP contribution in [-0.2, 0) is 9.59 Å². The Morgan fingerprint density at radius 2 is 1.78 bits per heavy atom. The van der Waals surface area contributed by atoms with Gasteiger partial charge < -0.3 is 25.4 Å².